The third-order valence-corrected chi connectivity index (χ3v) is 4.65. The number of nitrogens with zero attached hydrogens (tertiary/aromatic N) is 2. The number of hydrogen-bond donors (Lipinski definition) is 2. The number of anilines is 3. The highest BCUT2D eigenvalue weighted by atomic mass is 35.5. The van der Waals surface area contributed by atoms with Gasteiger partial charge in [-0.05, 0) is 29.8 Å². The molecule has 0 atom stereocenters. The quantitative estimate of drug-likeness (QED) is 0.804. The summed E-state index contributed by atoms with van der Waals surface area (Å²) in [5, 5.41) is 3.36. The van der Waals surface area contributed by atoms with Crippen molar-refractivity contribution in [3.05, 3.63) is 48.0 Å². The standard InChI is InChI=1S/C19H22N4O2.ClH/c20-15-4-1-3-14(11-15)12-23-17-6-2-5-16(19(17)25-13-18(23)24)22-9-7-21-8-10-22;/h1-6,11,21H,7-10,12-13,20H2;1H. The molecule has 2 aromatic carbocycles. The van der Waals surface area contributed by atoms with Gasteiger partial charge in [0, 0.05) is 31.9 Å². The summed E-state index contributed by atoms with van der Waals surface area (Å²) in [6.45, 7) is 4.33. The number of halogens is 1. The van der Waals surface area contributed by atoms with Gasteiger partial charge in [0.05, 0.1) is 17.9 Å². The molecule has 0 aliphatic carbocycles. The topological polar surface area (TPSA) is 70.8 Å². The smallest absolute Gasteiger partial charge is 0.265 e. The van der Waals surface area contributed by atoms with Crippen LogP contribution in [0.3, 0.4) is 0 Å². The van der Waals surface area contributed by atoms with Gasteiger partial charge in [-0.25, -0.2) is 0 Å². The maximum Gasteiger partial charge on any atom is 0.265 e. The van der Waals surface area contributed by atoms with Gasteiger partial charge in [-0.15, -0.1) is 12.4 Å². The maximum absolute atomic E-state index is 12.5. The number of carbonyl (C=O) groups is 1. The van der Waals surface area contributed by atoms with Crippen molar-refractivity contribution in [1.29, 1.82) is 0 Å². The molecule has 4 rings (SSSR count). The van der Waals surface area contributed by atoms with Gasteiger partial charge in [-0.1, -0.05) is 18.2 Å². The van der Waals surface area contributed by atoms with Crippen LogP contribution < -0.4 is 25.6 Å². The Bertz CT molecular complexity index is 793. The van der Waals surface area contributed by atoms with Gasteiger partial charge in [-0.2, -0.15) is 0 Å². The Morgan fingerprint density at radius 1 is 1.08 bits per heavy atom. The molecule has 1 saturated heterocycles. The molecule has 3 N–H and O–H groups in total. The molecular formula is C19H23ClN4O2. The van der Waals surface area contributed by atoms with Crippen LogP contribution >= 0.6 is 12.4 Å². The van der Waals surface area contributed by atoms with Gasteiger partial charge in [0.15, 0.2) is 12.4 Å². The molecule has 0 spiro atoms. The van der Waals surface area contributed by atoms with Gasteiger partial charge in [-0.3, -0.25) is 4.79 Å². The van der Waals surface area contributed by atoms with Crippen molar-refractivity contribution in [2.45, 2.75) is 6.54 Å². The Morgan fingerprint density at radius 2 is 1.81 bits per heavy atom. The second-order valence-corrected chi connectivity index (χ2v) is 6.38. The number of benzene rings is 2. The molecule has 0 saturated carbocycles. The van der Waals surface area contributed by atoms with Crippen molar-refractivity contribution in [2.24, 2.45) is 0 Å². The van der Waals surface area contributed by atoms with Crippen LogP contribution in [-0.2, 0) is 11.3 Å². The predicted molar refractivity (Wildman–Crippen MR) is 106 cm³/mol. The molecule has 138 valence electrons. The average molecular weight is 375 g/mol. The Kier molecular flexibility index (Phi) is 5.54. The van der Waals surface area contributed by atoms with E-state index >= 15 is 0 Å². The molecule has 7 heteroatoms. The first kappa shape index (κ1) is 18.4. The summed E-state index contributed by atoms with van der Waals surface area (Å²) in [4.78, 5) is 16.6. The number of nitrogen functional groups attached to an aromatic ring is 1. The van der Waals surface area contributed by atoms with E-state index in [1.54, 1.807) is 4.90 Å². The van der Waals surface area contributed by atoms with E-state index in [9.17, 15) is 4.79 Å². The second-order valence-electron chi connectivity index (χ2n) is 6.38. The summed E-state index contributed by atoms with van der Waals surface area (Å²) < 4.78 is 5.83. The van der Waals surface area contributed by atoms with Crippen molar-refractivity contribution < 1.29 is 9.53 Å². The molecule has 1 fully saturated rings. The minimum Gasteiger partial charge on any atom is -0.479 e. The number of amides is 1. The lowest BCUT2D eigenvalue weighted by Gasteiger charge is -2.35. The number of nitrogens with one attached hydrogen (secondary N) is 1. The van der Waals surface area contributed by atoms with Crippen LogP contribution in [0.4, 0.5) is 17.1 Å². The number of ether oxygens (including phenoxy) is 1. The fourth-order valence-corrected chi connectivity index (χ4v) is 3.42. The first-order valence-corrected chi connectivity index (χ1v) is 8.58. The molecule has 0 radical (unpaired) electrons. The third-order valence-electron chi connectivity index (χ3n) is 4.65. The third kappa shape index (κ3) is 3.57. The minimum atomic E-state index is -0.0348. The lowest BCUT2D eigenvalue weighted by molar-refractivity contribution is -0.121. The zero-order chi connectivity index (χ0) is 17.2. The van der Waals surface area contributed by atoms with Gasteiger partial charge < -0.3 is 25.6 Å². The summed E-state index contributed by atoms with van der Waals surface area (Å²) in [7, 11) is 0. The van der Waals surface area contributed by atoms with Crippen LogP contribution in [-0.4, -0.2) is 38.7 Å². The predicted octanol–water partition coefficient (Wildman–Crippen LogP) is 2.03. The number of para-hydroxylation sites is 1. The number of carbonyl (C=O) groups excluding carboxylic acids is 1. The van der Waals surface area contributed by atoms with Crippen LogP contribution in [0.1, 0.15) is 5.56 Å². The van der Waals surface area contributed by atoms with E-state index in [1.807, 2.05) is 36.4 Å². The average Bonchev–Trinajstić information content (AvgIpc) is 2.64. The van der Waals surface area contributed by atoms with Crippen molar-refractivity contribution in [1.82, 2.24) is 5.32 Å². The second kappa shape index (κ2) is 7.85. The highest BCUT2D eigenvalue weighted by Gasteiger charge is 2.29. The van der Waals surface area contributed by atoms with E-state index in [0.29, 0.717) is 12.2 Å². The summed E-state index contributed by atoms with van der Waals surface area (Å²) >= 11 is 0. The Balaban J connectivity index is 0.00000196. The number of nitrogens with two attached hydrogens (primary N) is 1. The molecule has 0 aromatic heterocycles. The normalized spacial score (nSPS) is 16.5. The van der Waals surface area contributed by atoms with Crippen LogP contribution in [0, 0.1) is 0 Å². The van der Waals surface area contributed by atoms with Crippen molar-refractivity contribution in [2.75, 3.05) is 48.3 Å². The molecule has 6 nitrogen and oxygen atoms in total. The molecule has 1 amide bonds. The molecule has 2 aliphatic heterocycles. The van der Waals surface area contributed by atoms with E-state index in [1.165, 1.54) is 0 Å². The number of piperazine rings is 1. The molecule has 2 heterocycles. The first-order chi connectivity index (χ1) is 12.2. The van der Waals surface area contributed by atoms with Crippen molar-refractivity contribution in [3.8, 4) is 5.75 Å². The number of fused-ring (bicyclic) bond motifs is 1. The van der Waals surface area contributed by atoms with Crippen molar-refractivity contribution >= 4 is 35.4 Å². The van der Waals surface area contributed by atoms with Gasteiger partial charge in [0.25, 0.3) is 5.91 Å². The van der Waals surface area contributed by atoms with Gasteiger partial charge >= 0.3 is 0 Å². The Morgan fingerprint density at radius 3 is 2.58 bits per heavy atom. The summed E-state index contributed by atoms with van der Waals surface area (Å²) in [6, 6.07) is 13.7. The van der Waals surface area contributed by atoms with Crippen LogP contribution in [0.2, 0.25) is 0 Å². The van der Waals surface area contributed by atoms with E-state index in [4.69, 9.17) is 10.5 Å². The number of rotatable bonds is 3. The summed E-state index contributed by atoms with van der Waals surface area (Å²) in [6.07, 6.45) is 0. The fourth-order valence-electron chi connectivity index (χ4n) is 3.42. The lowest BCUT2D eigenvalue weighted by Crippen LogP contribution is -2.44. The van der Waals surface area contributed by atoms with E-state index < -0.39 is 0 Å². The van der Waals surface area contributed by atoms with Crippen molar-refractivity contribution in [3.63, 3.8) is 0 Å². The molecule has 0 unspecified atom stereocenters. The van der Waals surface area contributed by atoms with Crippen LogP contribution in [0.15, 0.2) is 42.5 Å². The first-order valence-electron chi connectivity index (χ1n) is 8.58. The SMILES string of the molecule is Cl.Nc1cccc(CN2C(=O)COc3c(N4CCNCC4)cccc32)c1. The molecular weight excluding hydrogens is 352 g/mol. The Hall–Kier alpha value is -2.44. The molecule has 0 bridgehead atoms. The van der Waals surface area contributed by atoms with E-state index in [0.717, 1.165) is 48.9 Å². The van der Waals surface area contributed by atoms with Crippen LogP contribution in [0.25, 0.3) is 0 Å². The summed E-state index contributed by atoms with van der Waals surface area (Å²) in [5.74, 6) is 0.764. The number of hydrogen-bond acceptors (Lipinski definition) is 5. The molecule has 26 heavy (non-hydrogen) atoms. The highest BCUT2D eigenvalue weighted by Crippen LogP contribution is 2.41. The van der Waals surface area contributed by atoms with Gasteiger partial charge in [0.2, 0.25) is 0 Å². The minimum absolute atomic E-state index is 0. The molecule has 2 aromatic rings. The zero-order valence-corrected chi connectivity index (χ0v) is 15.3. The Labute approximate surface area is 159 Å². The summed E-state index contributed by atoms with van der Waals surface area (Å²) in [5.41, 5.74) is 9.47. The fraction of sp³-hybridized carbons (Fsp3) is 0.316. The monoisotopic (exact) mass is 374 g/mol. The van der Waals surface area contributed by atoms with E-state index in [-0.39, 0.29) is 24.9 Å². The van der Waals surface area contributed by atoms with Gasteiger partial charge in [0.1, 0.15) is 0 Å². The highest BCUT2D eigenvalue weighted by molar-refractivity contribution is 5.99. The maximum atomic E-state index is 12.5. The zero-order valence-electron chi connectivity index (χ0n) is 14.5. The molecule has 2 aliphatic rings. The lowest BCUT2D eigenvalue weighted by atomic mass is 10.1. The largest absolute Gasteiger partial charge is 0.479 e. The van der Waals surface area contributed by atoms with Crippen LogP contribution in [0.5, 0.6) is 5.75 Å². The van der Waals surface area contributed by atoms with E-state index in [2.05, 4.69) is 16.3 Å².